The summed E-state index contributed by atoms with van der Waals surface area (Å²) in [5.41, 5.74) is 2.96. The van der Waals surface area contributed by atoms with Crippen molar-refractivity contribution in [1.29, 1.82) is 0 Å². The Labute approximate surface area is 131 Å². The summed E-state index contributed by atoms with van der Waals surface area (Å²) in [6.45, 7) is 5.31. The first-order valence-electron chi connectivity index (χ1n) is 7.21. The molecule has 122 valence electrons. The predicted molar refractivity (Wildman–Crippen MR) is 85.1 cm³/mol. The van der Waals surface area contributed by atoms with E-state index in [-0.39, 0.29) is 5.91 Å². The van der Waals surface area contributed by atoms with Crippen LogP contribution in [0.15, 0.2) is 30.3 Å². The molecule has 22 heavy (non-hydrogen) atoms. The van der Waals surface area contributed by atoms with Gasteiger partial charge in [0, 0.05) is 7.05 Å². The topological polar surface area (TPSA) is 70.7 Å². The van der Waals surface area contributed by atoms with Crippen molar-refractivity contribution in [2.45, 2.75) is 38.8 Å². The van der Waals surface area contributed by atoms with E-state index in [0.717, 1.165) is 10.6 Å². The van der Waals surface area contributed by atoms with Crippen LogP contribution in [0.5, 0.6) is 0 Å². The van der Waals surface area contributed by atoms with Crippen molar-refractivity contribution >= 4 is 12.0 Å². The fraction of sp³-hybridized carbons (Fsp3) is 0.500. The number of hydrogen-bond donors (Lipinski definition) is 2. The van der Waals surface area contributed by atoms with Gasteiger partial charge in [-0.1, -0.05) is 30.3 Å². The molecule has 0 aliphatic heterocycles. The van der Waals surface area contributed by atoms with E-state index in [0.29, 0.717) is 6.42 Å². The van der Waals surface area contributed by atoms with Gasteiger partial charge in [-0.3, -0.25) is 10.2 Å². The molecule has 0 fully saturated rings. The Morgan fingerprint density at radius 3 is 2.32 bits per heavy atom. The molecule has 0 saturated carbocycles. The largest absolute Gasteiger partial charge is 0.442 e. The van der Waals surface area contributed by atoms with Gasteiger partial charge < -0.3 is 10.1 Å². The van der Waals surface area contributed by atoms with Crippen molar-refractivity contribution < 1.29 is 14.3 Å². The first-order chi connectivity index (χ1) is 10.2. The van der Waals surface area contributed by atoms with E-state index in [2.05, 4.69) is 10.7 Å². The minimum absolute atomic E-state index is 0.292. The van der Waals surface area contributed by atoms with Gasteiger partial charge in [0.25, 0.3) is 5.91 Å². The Bertz CT molecular complexity index is 497. The van der Waals surface area contributed by atoms with Crippen molar-refractivity contribution in [3.05, 3.63) is 35.9 Å². The maximum atomic E-state index is 12.2. The molecule has 0 radical (unpaired) electrons. The van der Waals surface area contributed by atoms with E-state index >= 15 is 0 Å². The minimum atomic E-state index is -0.609. The van der Waals surface area contributed by atoms with E-state index in [9.17, 15) is 9.59 Å². The molecule has 6 nitrogen and oxygen atoms in total. The third-order valence-corrected chi connectivity index (χ3v) is 2.89. The third-order valence-electron chi connectivity index (χ3n) is 2.89. The first-order valence-corrected chi connectivity index (χ1v) is 7.21. The zero-order valence-corrected chi connectivity index (χ0v) is 13.8. The lowest BCUT2D eigenvalue weighted by Crippen LogP contribution is -2.52. The van der Waals surface area contributed by atoms with Crippen LogP contribution in [-0.4, -0.2) is 42.7 Å². The highest BCUT2D eigenvalue weighted by Gasteiger charge is 2.23. The Kier molecular flexibility index (Phi) is 6.37. The lowest BCUT2D eigenvalue weighted by molar-refractivity contribution is -0.127. The number of amides is 2. The average molecular weight is 307 g/mol. The van der Waals surface area contributed by atoms with Gasteiger partial charge in [-0.25, -0.2) is 9.80 Å². The lowest BCUT2D eigenvalue weighted by atomic mass is 10.1. The second kappa shape index (κ2) is 7.79. The monoisotopic (exact) mass is 307 g/mol. The smallest absolute Gasteiger partial charge is 0.428 e. The van der Waals surface area contributed by atoms with Gasteiger partial charge in [0.1, 0.15) is 5.60 Å². The number of rotatable bonds is 4. The number of carbonyl (C=O) groups is 2. The summed E-state index contributed by atoms with van der Waals surface area (Å²) in [7, 11) is 3.17. The third kappa shape index (κ3) is 6.13. The van der Waals surface area contributed by atoms with Gasteiger partial charge >= 0.3 is 6.09 Å². The number of ether oxygens (including phenoxy) is 1. The predicted octanol–water partition coefficient (Wildman–Crippen LogP) is 1.72. The van der Waals surface area contributed by atoms with Gasteiger partial charge in [0.2, 0.25) is 0 Å². The summed E-state index contributed by atoms with van der Waals surface area (Å²) in [5, 5.41) is 4.01. The van der Waals surface area contributed by atoms with E-state index < -0.39 is 17.7 Å². The maximum Gasteiger partial charge on any atom is 0.428 e. The van der Waals surface area contributed by atoms with Gasteiger partial charge in [-0.15, -0.1) is 0 Å². The van der Waals surface area contributed by atoms with Crippen LogP contribution >= 0.6 is 0 Å². The summed E-state index contributed by atoms with van der Waals surface area (Å²) in [5.74, 6) is -0.292. The van der Waals surface area contributed by atoms with Crippen molar-refractivity contribution in [2.75, 3.05) is 14.1 Å². The number of nitrogens with one attached hydrogen (secondary N) is 2. The fourth-order valence-electron chi connectivity index (χ4n) is 1.79. The van der Waals surface area contributed by atoms with Crippen molar-refractivity contribution in [1.82, 2.24) is 15.8 Å². The van der Waals surface area contributed by atoms with E-state index in [1.165, 1.54) is 7.05 Å². The molecule has 0 bridgehead atoms. The number of nitrogens with zero attached hydrogens (tertiary/aromatic N) is 1. The Morgan fingerprint density at radius 2 is 1.82 bits per heavy atom. The van der Waals surface area contributed by atoms with Crippen molar-refractivity contribution in [3.8, 4) is 0 Å². The van der Waals surface area contributed by atoms with Crippen LogP contribution in [0.25, 0.3) is 0 Å². The molecule has 2 N–H and O–H groups in total. The summed E-state index contributed by atoms with van der Waals surface area (Å²) >= 11 is 0. The number of hydrogen-bond acceptors (Lipinski definition) is 4. The minimum Gasteiger partial charge on any atom is -0.442 e. The molecule has 0 spiro atoms. The molecule has 0 aromatic heterocycles. The van der Waals surface area contributed by atoms with Gasteiger partial charge in [0.15, 0.2) is 0 Å². The zero-order valence-electron chi connectivity index (χ0n) is 13.8. The molecule has 2 amide bonds. The van der Waals surface area contributed by atoms with Gasteiger partial charge in [-0.2, -0.15) is 0 Å². The second-order valence-corrected chi connectivity index (χ2v) is 6.05. The summed E-state index contributed by atoms with van der Waals surface area (Å²) < 4.78 is 5.18. The molecule has 1 aromatic carbocycles. The average Bonchev–Trinajstić information content (AvgIpc) is 2.43. The standard InChI is InChI=1S/C16H25N3O3/c1-16(2,3)22-15(21)19(5)18-14(20)13(17-4)11-12-9-7-6-8-10-12/h6-10,13,17H,11H2,1-5H3,(H,18,20)/t13-/m1/s1. The van der Waals surface area contributed by atoms with Crippen LogP contribution in [0.3, 0.4) is 0 Å². The lowest BCUT2D eigenvalue weighted by Gasteiger charge is -2.26. The van der Waals surface area contributed by atoms with Crippen molar-refractivity contribution in [2.24, 2.45) is 0 Å². The first kappa shape index (κ1) is 18.0. The highest BCUT2D eigenvalue weighted by Crippen LogP contribution is 2.08. The van der Waals surface area contributed by atoms with Crippen molar-refractivity contribution in [3.63, 3.8) is 0 Å². The van der Waals surface area contributed by atoms with Gasteiger partial charge in [-0.05, 0) is 39.8 Å². The molecule has 1 aromatic rings. The fourth-order valence-corrected chi connectivity index (χ4v) is 1.79. The summed E-state index contributed by atoms with van der Waals surface area (Å²) in [6, 6.07) is 9.24. The summed E-state index contributed by atoms with van der Waals surface area (Å²) in [6.07, 6.45) is -0.0684. The Hall–Kier alpha value is -2.08. The second-order valence-electron chi connectivity index (χ2n) is 6.05. The Morgan fingerprint density at radius 1 is 1.23 bits per heavy atom. The molecule has 0 heterocycles. The molecule has 0 unspecified atom stereocenters. The zero-order chi connectivity index (χ0) is 16.8. The van der Waals surface area contributed by atoms with Gasteiger partial charge in [0.05, 0.1) is 6.04 Å². The van der Waals surface area contributed by atoms with E-state index in [1.807, 2.05) is 30.3 Å². The number of carbonyl (C=O) groups excluding carboxylic acids is 2. The molecule has 1 rings (SSSR count). The van der Waals surface area contributed by atoms with E-state index in [4.69, 9.17) is 4.74 Å². The molecular formula is C16H25N3O3. The summed E-state index contributed by atoms with van der Waals surface area (Å²) in [4.78, 5) is 24.1. The van der Waals surface area contributed by atoms with Crippen LogP contribution in [0.4, 0.5) is 4.79 Å². The molecular weight excluding hydrogens is 282 g/mol. The number of hydrazine groups is 1. The van der Waals surface area contributed by atoms with Crippen LogP contribution < -0.4 is 10.7 Å². The van der Waals surface area contributed by atoms with Crippen LogP contribution in [0, 0.1) is 0 Å². The quantitative estimate of drug-likeness (QED) is 0.831. The maximum absolute atomic E-state index is 12.2. The van der Waals surface area contributed by atoms with Crippen LogP contribution in [-0.2, 0) is 16.0 Å². The highest BCUT2D eigenvalue weighted by molar-refractivity contribution is 5.83. The number of likely N-dealkylation sites (N-methyl/N-ethyl adjacent to an activating group) is 1. The molecule has 0 saturated heterocycles. The molecule has 6 heteroatoms. The number of benzene rings is 1. The molecule has 0 aliphatic carbocycles. The highest BCUT2D eigenvalue weighted by atomic mass is 16.6. The van der Waals surface area contributed by atoms with E-state index in [1.54, 1.807) is 27.8 Å². The SMILES string of the molecule is CN[C@H](Cc1ccccc1)C(=O)NN(C)C(=O)OC(C)(C)C. The normalized spacial score (nSPS) is 12.4. The molecule has 0 aliphatic rings. The Balaban J connectivity index is 2.59. The van der Waals surface area contributed by atoms with Crippen LogP contribution in [0.1, 0.15) is 26.3 Å². The van der Waals surface area contributed by atoms with Crippen LogP contribution in [0.2, 0.25) is 0 Å². The molecule has 1 atom stereocenters.